The van der Waals surface area contributed by atoms with Crippen LogP contribution in [0.4, 0.5) is 19.0 Å². The van der Waals surface area contributed by atoms with Crippen LogP contribution in [-0.4, -0.2) is 44.3 Å². The molecule has 0 spiro atoms. The first-order valence-electron chi connectivity index (χ1n) is 10.9. The highest BCUT2D eigenvalue weighted by molar-refractivity contribution is 5.85. The Labute approximate surface area is 192 Å². The van der Waals surface area contributed by atoms with E-state index in [1.165, 1.54) is 0 Å². The van der Waals surface area contributed by atoms with Crippen molar-refractivity contribution in [2.45, 2.75) is 70.3 Å². The van der Waals surface area contributed by atoms with Crippen LogP contribution in [-0.2, 0) is 11.2 Å². The lowest BCUT2D eigenvalue weighted by molar-refractivity contribution is -0.174. The van der Waals surface area contributed by atoms with Crippen molar-refractivity contribution in [3.05, 3.63) is 41.9 Å². The number of carbonyl (C=O) groups is 1. The number of aromatic nitrogens is 3. The summed E-state index contributed by atoms with van der Waals surface area (Å²) in [5.41, 5.74) is 1.20. The second-order valence-electron chi connectivity index (χ2n) is 8.78. The molecule has 1 N–H and O–H groups in total. The second-order valence-corrected chi connectivity index (χ2v) is 8.78. The van der Waals surface area contributed by atoms with E-state index in [-0.39, 0.29) is 49.2 Å². The molecule has 1 amide bonds. The molecule has 176 valence electrons. The van der Waals surface area contributed by atoms with Gasteiger partial charge in [0.2, 0.25) is 5.91 Å². The molecule has 0 radical (unpaired) electrons. The van der Waals surface area contributed by atoms with Gasteiger partial charge in [0.1, 0.15) is 5.82 Å². The molecule has 1 saturated heterocycles. The highest BCUT2D eigenvalue weighted by Gasteiger charge is 2.47. The van der Waals surface area contributed by atoms with E-state index >= 15 is 0 Å². The molecular weight excluding hydrogens is 443 g/mol. The molecule has 2 aliphatic heterocycles. The van der Waals surface area contributed by atoms with Gasteiger partial charge in [0.25, 0.3) is 0 Å². The molecule has 1 unspecified atom stereocenters. The minimum atomic E-state index is -4.38. The van der Waals surface area contributed by atoms with Crippen LogP contribution in [0.2, 0.25) is 0 Å². The average Bonchev–Trinajstić information content (AvgIpc) is 3.17. The van der Waals surface area contributed by atoms with Gasteiger partial charge < -0.3 is 10.2 Å². The number of fused-ring (bicyclic) bond motifs is 1. The van der Waals surface area contributed by atoms with Gasteiger partial charge in [0.15, 0.2) is 6.04 Å². The van der Waals surface area contributed by atoms with E-state index in [0.29, 0.717) is 30.2 Å². The third kappa shape index (κ3) is 5.03. The van der Waals surface area contributed by atoms with Crippen molar-refractivity contribution < 1.29 is 18.0 Å². The van der Waals surface area contributed by atoms with Gasteiger partial charge in [0, 0.05) is 30.5 Å². The summed E-state index contributed by atoms with van der Waals surface area (Å²) in [5.74, 6) is 0.364. The first-order valence-corrected chi connectivity index (χ1v) is 10.9. The molecule has 0 aromatic carbocycles. The molecule has 2 aromatic rings. The van der Waals surface area contributed by atoms with E-state index in [9.17, 15) is 18.0 Å². The third-order valence-electron chi connectivity index (χ3n) is 6.27. The number of hydrogen-bond acceptors (Lipinski definition) is 4. The maximum atomic E-state index is 13.8. The molecule has 0 saturated carbocycles. The first kappa shape index (κ1) is 24.4. The van der Waals surface area contributed by atoms with Gasteiger partial charge in [-0.05, 0) is 43.7 Å². The van der Waals surface area contributed by atoms with Crippen LogP contribution in [0.15, 0.2) is 30.5 Å². The maximum Gasteiger partial charge on any atom is 0.410 e. The fourth-order valence-corrected chi connectivity index (χ4v) is 4.52. The Kier molecular flexibility index (Phi) is 7.37. The Morgan fingerprint density at radius 1 is 1.28 bits per heavy atom. The normalized spacial score (nSPS) is 23.3. The number of amides is 1. The number of hydrogen-bond donors (Lipinski definition) is 1. The van der Waals surface area contributed by atoms with Crippen molar-refractivity contribution in [1.29, 1.82) is 0 Å². The van der Waals surface area contributed by atoms with Gasteiger partial charge in [-0.1, -0.05) is 19.9 Å². The van der Waals surface area contributed by atoms with Gasteiger partial charge in [-0.3, -0.25) is 9.78 Å². The fraction of sp³-hybridized carbons (Fsp3) is 0.591. The van der Waals surface area contributed by atoms with Crippen molar-refractivity contribution in [2.24, 2.45) is 5.92 Å². The Morgan fingerprint density at radius 2 is 2.06 bits per heavy atom. The van der Waals surface area contributed by atoms with Gasteiger partial charge >= 0.3 is 6.18 Å². The number of nitrogens with zero attached hydrogens (tertiary/aromatic N) is 4. The van der Waals surface area contributed by atoms with Gasteiger partial charge in [0.05, 0.1) is 18.2 Å². The van der Waals surface area contributed by atoms with E-state index in [1.807, 2.05) is 19.9 Å². The number of rotatable bonds is 4. The van der Waals surface area contributed by atoms with E-state index in [0.717, 1.165) is 17.5 Å². The predicted octanol–water partition coefficient (Wildman–Crippen LogP) is 4.94. The number of pyridine rings is 1. The van der Waals surface area contributed by atoms with Crippen molar-refractivity contribution >= 4 is 24.1 Å². The molecule has 10 heteroatoms. The number of halogens is 4. The van der Waals surface area contributed by atoms with E-state index in [1.54, 1.807) is 29.3 Å². The number of nitrogens with one attached hydrogen (secondary N) is 1. The van der Waals surface area contributed by atoms with Crippen LogP contribution < -0.4 is 5.32 Å². The minimum Gasteiger partial charge on any atom is -0.367 e. The highest BCUT2D eigenvalue weighted by Crippen LogP contribution is 2.42. The van der Waals surface area contributed by atoms with Crippen molar-refractivity contribution in [3.63, 3.8) is 0 Å². The van der Waals surface area contributed by atoms with E-state index in [2.05, 4.69) is 15.4 Å². The molecule has 6 nitrogen and oxygen atoms in total. The van der Waals surface area contributed by atoms with Crippen LogP contribution in [0.25, 0.3) is 0 Å². The lowest BCUT2D eigenvalue weighted by Crippen LogP contribution is -2.41. The zero-order chi connectivity index (χ0) is 22.2. The number of likely N-dealkylation sites (tertiary alicyclic amines) is 1. The summed E-state index contributed by atoms with van der Waals surface area (Å²) in [6.45, 7) is 4.40. The van der Waals surface area contributed by atoms with Crippen LogP contribution >= 0.6 is 12.4 Å². The topological polar surface area (TPSA) is 63.1 Å². The van der Waals surface area contributed by atoms with Gasteiger partial charge in [-0.15, -0.1) is 12.4 Å². The fourth-order valence-electron chi connectivity index (χ4n) is 4.52. The Hall–Kier alpha value is -2.29. The summed E-state index contributed by atoms with van der Waals surface area (Å²) >= 11 is 0. The monoisotopic (exact) mass is 471 g/mol. The summed E-state index contributed by atoms with van der Waals surface area (Å²) in [6.07, 6.45) is -0.148. The van der Waals surface area contributed by atoms with Crippen molar-refractivity contribution in [2.75, 3.05) is 11.9 Å². The van der Waals surface area contributed by atoms with E-state index < -0.39 is 12.2 Å². The zero-order valence-electron chi connectivity index (χ0n) is 18.2. The van der Waals surface area contributed by atoms with Crippen LogP contribution in [0, 0.1) is 5.92 Å². The van der Waals surface area contributed by atoms with Gasteiger partial charge in [-0.25, -0.2) is 4.68 Å². The SMILES string of the molecule is CC(C)[C@@H]1C[C@H](C(F)(F)F)n2nc(C3CCCCN3C(=O)Cc3ccccn3)cc2N1.Cl. The highest BCUT2D eigenvalue weighted by atomic mass is 35.5. The quantitative estimate of drug-likeness (QED) is 0.686. The summed E-state index contributed by atoms with van der Waals surface area (Å²) in [4.78, 5) is 19.0. The minimum absolute atomic E-state index is 0. The van der Waals surface area contributed by atoms with Crippen molar-refractivity contribution in [3.8, 4) is 0 Å². The summed E-state index contributed by atoms with van der Waals surface area (Å²) in [5, 5.41) is 7.61. The molecule has 2 aromatic heterocycles. The first-order chi connectivity index (χ1) is 14.7. The smallest absolute Gasteiger partial charge is 0.367 e. The molecule has 4 rings (SSSR count). The second kappa shape index (κ2) is 9.68. The van der Waals surface area contributed by atoms with Crippen molar-refractivity contribution in [1.82, 2.24) is 19.7 Å². The Balaban J connectivity index is 0.00000289. The average molecular weight is 472 g/mol. The molecule has 32 heavy (non-hydrogen) atoms. The maximum absolute atomic E-state index is 13.8. The molecular formula is C22H29ClF3N5O. The Bertz CT molecular complexity index is 918. The van der Waals surface area contributed by atoms with Crippen LogP contribution in [0.5, 0.6) is 0 Å². The Morgan fingerprint density at radius 3 is 2.72 bits per heavy atom. The number of carbonyl (C=O) groups excluding carboxylic acids is 1. The predicted molar refractivity (Wildman–Crippen MR) is 118 cm³/mol. The number of alkyl halides is 3. The lowest BCUT2D eigenvalue weighted by atomic mass is 9.94. The lowest BCUT2D eigenvalue weighted by Gasteiger charge is -2.35. The van der Waals surface area contributed by atoms with Crippen LogP contribution in [0.3, 0.4) is 0 Å². The molecule has 3 atom stereocenters. The van der Waals surface area contributed by atoms with Gasteiger partial charge in [-0.2, -0.15) is 18.3 Å². The summed E-state index contributed by atoms with van der Waals surface area (Å²) < 4.78 is 42.5. The largest absolute Gasteiger partial charge is 0.410 e. The standard InChI is InChI=1S/C22H28F3N5O.ClH/c1-14(2)16-12-19(22(23,24)25)30-20(27-16)13-17(28-30)18-8-4-6-10-29(18)21(31)11-15-7-3-5-9-26-15;/h3,5,7,9,13-14,16,18-19,27H,4,6,8,10-12H2,1-2H3;1H/t16-,18?,19+;/m0./s1. The number of anilines is 1. The zero-order valence-corrected chi connectivity index (χ0v) is 19.0. The molecule has 1 fully saturated rings. The number of piperidine rings is 1. The summed E-state index contributed by atoms with van der Waals surface area (Å²) in [6, 6.07) is 4.86. The molecule has 2 aliphatic rings. The third-order valence-corrected chi connectivity index (χ3v) is 6.27. The molecule has 0 aliphatic carbocycles. The summed E-state index contributed by atoms with van der Waals surface area (Å²) in [7, 11) is 0. The van der Waals surface area contributed by atoms with Crippen LogP contribution in [0.1, 0.15) is 63.0 Å². The van der Waals surface area contributed by atoms with E-state index in [4.69, 9.17) is 0 Å². The molecule has 0 bridgehead atoms. The molecule has 4 heterocycles.